The highest BCUT2D eigenvalue weighted by Crippen LogP contribution is 2.37. The van der Waals surface area contributed by atoms with Crippen molar-refractivity contribution in [3.8, 4) is 0 Å². The summed E-state index contributed by atoms with van der Waals surface area (Å²) in [5.41, 5.74) is 3.54. The van der Waals surface area contributed by atoms with Crippen molar-refractivity contribution in [3.63, 3.8) is 0 Å². The lowest BCUT2D eigenvalue weighted by molar-refractivity contribution is 0.682. The molecule has 1 aromatic carbocycles. The fraction of sp³-hybridized carbons (Fsp3) is 0.263. The van der Waals surface area contributed by atoms with Crippen LogP contribution in [0.15, 0.2) is 65.7 Å². The lowest BCUT2D eigenvalue weighted by atomic mass is 10.00. The number of allylic oxidation sites excluding steroid dienone is 1. The molecule has 2 unspecified atom stereocenters. The van der Waals surface area contributed by atoms with Crippen molar-refractivity contribution in [2.75, 3.05) is 4.90 Å². The van der Waals surface area contributed by atoms with Gasteiger partial charge < -0.3 is 4.90 Å². The van der Waals surface area contributed by atoms with Gasteiger partial charge in [-0.1, -0.05) is 48.6 Å². The van der Waals surface area contributed by atoms with Gasteiger partial charge in [0.25, 0.3) is 0 Å². The fourth-order valence-corrected chi connectivity index (χ4v) is 3.28. The second-order valence-corrected chi connectivity index (χ2v) is 5.86. The summed E-state index contributed by atoms with van der Waals surface area (Å²) in [6, 6.07) is 17.0. The van der Waals surface area contributed by atoms with Crippen LogP contribution in [-0.4, -0.2) is 16.7 Å². The van der Waals surface area contributed by atoms with Crippen LogP contribution in [0, 0.1) is 6.92 Å². The van der Waals surface area contributed by atoms with Crippen LogP contribution in [0.4, 0.5) is 5.82 Å². The molecule has 2 aromatic rings. The minimum Gasteiger partial charge on any atom is -0.319 e. The van der Waals surface area contributed by atoms with Gasteiger partial charge in [-0.05, 0) is 37.5 Å². The first-order chi connectivity index (χ1) is 10.8. The molecule has 0 amide bonds. The van der Waals surface area contributed by atoms with Crippen molar-refractivity contribution in [1.82, 2.24) is 4.98 Å². The summed E-state index contributed by atoms with van der Waals surface area (Å²) in [5, 5.41) is 0. The van der Waals surface area contributed by atoms with E-state index < -0.39 is 0 Å². The molecule has 1 aliphatic heterocycles. The van der Waals surface area contributed by atoms with Crippen molar-refractivity contribution in [2.45, 2.75) is 32.0 Å². The Bertz CT molecular complexity index is 733. The average molecular weight is 289 g/mol. The number of rotatable bonds is 2. The fourth-order valence-electron chi connectivity index (χ4n) is 3.28. The molecule has 0 bridgehead atoms. The molecule has 0 radical (unpaired) electrons. The smallest absolute Gasteiger partial charge is 0.149 e. The van der Waals surface area contributed by atoms with Gasteiger partial charge in [0.1, 0.15) is 12.0 Å². The first-order valence-corrected chi connectivity index (χ1v) is 7.83. The van der Waals surface area contributed by atoms with E-state index in [9.17, 15) is 0 Å². The summed E-state index contributed by atoms with van der Waals surface area (Å²) in [6.07, 6.45) is 6.70. The van der Waals surface area contributed by atoms with Crippen LogP contribution in [0.1, 0.15) is 30.3 Å². The topological polar surface area (TPSA) is 28.5 Å². The number of aliphatic imine (C=N–C) groups is 1. The number of aryl methyl sites for hydroxylation is 1. The lowest BCUT2D eigenvalue weighted by Crippen LogP contribution is -2.37. The number of hydrogen-bond donors (Lipinski definition) is 0. The molecular formula is C19H19N3. The predicted octanol–water partition coefficient (Wildman–Crippen LogP) is 4.07. The highest BCUT2D eigenvalue weighted by atomic mass is 15.3. The highest BCUT2D eigenvalue weighted by Gasteiger charge is 2.37. The molecule has 110 valence electrons. The molecule has 1 aliphatic carbocycles. The Hall–Kier alpha value is -2.42. The summed E-state index contributed by atoms with van der Waals surface area (Å²) in [4.78, 5) is 12.1. The largest absolute Gasteiger partial charge is 0.319 e. The lowest BCUT2D eigenvalue weighted by Gasteiger charge is -2.31. The van der Waals surface area contributed by atoms with Gasteiger partial charge in [0.15, 0.2) is 0 Å². The van der Waals surface area contributed by atoms with E-state index in [1.54, 1.807) is 0 Å². The maximum absolute atomic E-state index is 5.02. The number of fused-ring (bicyclic) bond motifs is 1. The Morgan fingerprint density at radius 3 is 2.73 bits per heavy atom. The van der Waals surface area contributed by atoms with Crippen molar-refractivity contribution < 1.29 is 0 Å². The zero-order chi connectivity index (χ0) is 14.9. The molecule has 0 fully saturated rings. The van der Waals surface area contributed by atoms with Crippen LogP contribution in [0.3, 0.4) is 0 Å². The first kappa shape index (κ1) is 13.3. The maximum Gasteiger partial charge on any atom is 0.149 e. The molecule has 2 heterocycles. The Kier molecular flexibility index (Phi) is 3.26. The average Bonchev–Trinajstić information content (AvgIpc) is 2.95. The molecule has 3 nitrogen and oxygen atoms in total. The number of pyridine rings is 1. The van der Waals surface area contributed by atoms with Gasteiger partial charge in [-0.2, -0.15) is 0 Å². The second-order valence-electron chi connectivity index (χ2n) is 5.86. The van der Waals surface area contributed by atoms with Gasteiger partial charge in [-0.25, -0.2) is 4.98 Å². The van der Waals surface area contributed by atoms with Crippen LogP contribution >= 0.6 is 0 Å². The molecule has 22 heavy (non-hydrogen) atoms. The van der Waals surface area contributed by atoms with E-state index >= 15 is 0 Å². The van der Waals surface area contributed by atoms with Gasteiger partial charge in [0.05, 0.1) is 6.04 Å². The highest BCUT2D eigenvalue weighted by molar-refractivity contribution is 5.97. The van der Waals surface area contributed by atoms with Gasteiger partial charge >= 0.3 is 0 Å². The third-order valence-electron chi connectivity index (χ3n) is 4.31. The Labute approximate surface area is 131 Å². The van der Waals surface area contributed by atoms with Crippen LogP contribution in [-0.2, 0) is 0 Å². The van der Waals surface area contributed by atoms with Crippen molar-refractivity contribution >= 4 is 11.5 Å². The molecule has 0 spiro atoms. The van der Waals surface area contributed by atoms with E-state index in [-0.39, 0.29) is 12.2 Å². The number of anilines is 1. The SMILES string of the molecule is Cc1cccc(N2C3C=CCCC3=NC2c2ccccc2)n1. The molecule has 2 aliphatic rings. The van der Waals surface area contributed by atoms with Crippen molar-refractivity contribution in [1.29, 1.82) is 0 Å². The summed E-state index contributed by atoms with van der Waals surface area (Å²) in [5.74, 6) is 1.00. The zero-order valence-corrected chi connectivity index (χ0v) is 12.7. The van der Waals surface area contributed by atoms with E-state index in [2.05, 4.69) is 53.5 Å². The molecule has 0 N–H and O–H groups in total. The normalized spacial score (nSPS) is 23.3. The second kappa shape index (κ2) is 5.41. The molecule has 0 saturated heterocycles. The molecular weight excluding hydrogens is 270 g/mol. The Morgan fingerprint density at radius 2 is 1.91 bits per heavy atom. The minimum atomic E-state index is 0.0262. The summed E-state index contributed by atoms with van der Waals surface area (Å²) >= 11 is 0. The minimum absolute atomic E-state index is 0.0262. The van der Waals surface area contributed by atoms with E-state index in [0.29, 0.717) is 0 Å². The molecule has 4 rings (SSSR count). The molecule has 0 saturated carbocycles. The monoisotopic (exact) mass is 289 g/mol. The van der Waals surface area contributed by atoms with Crippen LogP contribution in [0.2, 0.25) is 0 Å². The summed E-state index contributed by atoms with van der Waals surface area (Å²) in [7, 11) is 0. The number of aromatic nitrogens is 1. The van der Waals surface area contributed by atoms with E-state index in [0.717, 1.165) is 24.4 Å². The van der Waals surface area contributed by atoms with Crippen molar-refractivity contribution in [3.05, 3.63) is 71.9 Å². The number of hydrogen-bond acceptors (Lipinski definition) is 3. The maximum atomic E-state index is 5.02. The molecule has 2 atom stereocenters. The van der Waals surface area contributed by atoms with Crippen LogP contribution in [0.5, 0.6) is 0 Å². The summed E-state index contributed by atoms with van der Waals surface area (Å²) in [6.45, 7) is 2.04. The van der Waals surface area contributed by atoms with Gasteiger partial charge in [0, 0.05) is 11.4 Å². The standard InChI is InChI=1S/C19H19N3/c1-14-8-7-13-18(20-14)22-17-12-6-5-11-16(17)21-19(22)15-9-3-2-4-10-15/h2-4,6-10,12-13,17,19H,5,11H2,1H3. The Morgan fingerprint density at radius 1 is 1.05 bits per heavy atom. The quantitative estimate of drug-likeness (QED) is 0.780. The number of nitrogens with zero attached hydrogens (tertiary/aromatic N) is 3. The van der Waals surface area contributed by atoms with E-state index in [1.807, 2.05) is 19.1 Å². The Balaban J connectivity index is 1.81. The number of benzene rings is 1. The van der Waals surface area contributed by atoms with Crippen LogP contribution < -0.4 is 4.90 Å². The third-order valence-corrected chi connectivity index (χ3v) is 4.31. The zero-order valence-electron chi connectivity index (χ0n) is 12.7. The van der Waals surface area contributed by atoms with Gasteiger partial charge in [-0.3, -0.25) is 4.99 Å². The molecule has 1 aromatic heterocycles. The predicted molar refractivity (Wildman–Crippen MR) is 90.2 cm³/mol. The van der Waals surface area contributed by atoms with Crippen LogP contribution in [0.25, 0.3) is 0 Å². The van der Waals surface area contributed by atoms with Gasteiger partial charge in [-0.15, -0.1) is 0 Å². The van der Waals surface area contributed by atoms with E-state index in [4.69, 9.17) is 9.98 Å². The van der Waals surface area contributed by atoms with Crippen molar-refractivity contribution in [2.24, 2.45) is 4.99 Å². The summed E-state index contributed by atoms with van der Waals surface area (Å²) < 4.78 is 0. The first-order valence-electron chi connectivity index (χ1n) is 7.83. The third kappa shape index (κ3) is 2.23. The van der Waals surface area contributed by atoms with Gasteiger partial charge in [0.2, 0.25) is 0 Å². The molecule has 3 heteroatoms. The van der Waals surface area contributed by atoms with E-state index in [1.165, 1.54) is 11.3 Å².